The second kappa shape index (κ2) is 17.9. The van der Waals surface area contributed by atoms with Crippen molar-refractivity contribution in [3.63, 3.8) is 0 Å². The molecule has 4 amide bonds. The minimum atomic E-state index is -0.783. The number of carbonyl (C=O) groups excluding carboxylic acids is 4. The first-order valence-electron chi connectivity index (χ1n) is 21.1. The van der Waals surface area contributed by atoms with Gasteiger partial charge in [-0.05, 0) is 83.7 Å². The lowest BCUT2D eigenvalue weighted by molar-refractivity contribution is -0.136. The molecule has 0 saturated carbocycles. The standard InChI is InChI=1S/C48H52N8O6/c1-28(2)42(54-48(60)62-5)46(58)55-23-9-12-40(55)43-49-27-38(53-43)36-20-19-34-24-33(17-18-35(34)25-36)30-13-15-31(16-14-30)37-26-50-44(52-37)41-22-21-39(32-10-7-6-8-11-32)56(41)45(57)29(3)51-47(59)61-4/h6-8,10-11,13-20,24-29,39-42H,9,12,21-23H2,1-5H3,(H,49,53)(H,50,52)(H,51,59)(H,54,60)/t29-,39+,40-,41-,42-/m0/s1. The Bertz CT molecular complexity index is 2570. The minimum absolute atomic E-state index is 0.109. The number of imidazole rings is 2. The average molecular weight is 837 g/mol. The van der Waals surface area contributed by atoms with E-state index in [0.29, 0.717) is 18.8 Å². The molecule has 0 aliphatic carbocycles. The summed E-state index contributed by atoms with van der Waals surface area (Å²) < 4.78 is 9.54. The van der Waals surface area contributed by atoms with Crippen LogP contribution in [0.25, 0.3) is 44.4 Å². The number of fused-ring (bicyclic) bond motifs is 1. The van der Waals surface area contributed by atoms with Crippen LogP contribution in [0.5, 0.6) is 0 Å². The van der Waals surface area contributed by atoms with E-state index in [-0.39, 0.29) is 35.9 Å². The number of carbonyl (C=O) groups is 4. The minimum Gasteiger partial charge on any atom is -0.453 e. The number of nitrogens with zero attached hydrogens (tertiary/aromatic N) is 4. The first kappa shape index (κ1) is 41.8. The number of hydrogen-bond donors (Lipinski definition) is 4. The maximum atomic E-state index is 13.9. The molecule has 4 heterocycles. The molecule has 62 heavy (non-hydrogen) atoms. The third kappa shape index (κ3) is 8.49. The monoisotopic (exact) mass is 836 g/mol. The second-order valence-corrected chi connectivity index (χ2v) is 16.4. The normalized spacial score (nSPS) is 18.5. The highest BCUT2D eigenvalue weighted by Crippen LogP contribution is 2.44. The number of aromatic nitrogens is 4. The third-order valence-electron chi connectivity index (χ3n) is 12.1. The molecule has 0 unspecified atom stereocenters. The second-order valence-electron chi connectivity index (χ2n) is 16.4. The van der Waals surface area contributed by atoms with Gasteiger partial charge in [-0.2, -0.15) is 0 Å². The highest BCUT2D eigenvalue weighted by Gasteiger charge is 2.42. The molecule has 0 bridgehead atoms. The Labute approximate surface area is 360 Å². The van der Waals surface area contributed by atoms with Crippen molar-refractivity contribution in [2.75, 3.05) is 20.8 Å². The zero-order chi connectivity index (χ0) is 43.5. The van der Waals surface area contributed by atoms with Crippen LogP contribution in [-0.4, -0.2) is 86.6 Å². The topological polar surface area (TPSA) is 175 Å². The lowest BCUT2D eigenvalue weighted by Gasteiger charge is -2.32. The summed E-state index contributed by atoms with van der Waals surface area (Å²) in [5.74, 6) is 0.969. The van der Waals surface area contributed by atoms with Crippen LogP contribution in [0.15, 0.2) is 103 Å². The molecule has 2 aliphatic rings. The maximum Gasteiger partial charge on any atom is 0.407 e. The number of alkyl carbamates (subject to hydrolysis) is 2. The van der Waals surface area contributed by atoms with Gasteiger partial charge in [0.15, 0.2) is 0 Å². The molecule has 2 aromatic heterocycles. The van der Waals surface area contributed by atoms with Gasteiger partial charge in [-0.25, -0.2) is 19.6 Å². The highest BCUT2D eigenvalue weighted by molar-refractivity contribution is 5.91. The molecule has 0 radical (unpaired) electrons. The molecular weight excluding hydrogens is 785 g/mol. The summed E-state index contributed by atoms with van der Waals surface area (Å²) in [6.07, 6.45) is 5.45. The van der Waals surface area contributed by atoms with Gasteiger partial charge in [-0.3, -0.25) is 9.59 Å². The number of benzene rings is 4. The molecule has 14 heteroatoms. The number of ether oxygens (including phenoxy) is 2. The average Bonchev–Trinajstić information content (AvgIpc) is 4.14. The number of methoxy groups -OCH3 is 2. The number of nitrogens with one attached hydrogen (secondary N) is 4. The number of hydrogen-bond acceptors (Lipinski definition) is 8. The van der Waals surface area contributed by atoms with Crippen LogP contribution in [0.4, 0.5) is 9.59 Å². The van der Waals surface area contributed by atoms with Crippen molar-refractivity contribution in [3.8, 4) is 33.6 Å². The van der Waals surface area contributed by atoms with Crippen molar-refractivity contribution >= 4 is 34.8 Å². The van der Waals surface area contributed by atoms with E-state index in [1.807, 2.05) is 66.4 Å². The predicted octanol–water partition coefficient (Wildman–Crippen LogP) is 8.48. The quantitative estimate of drug-likeness (QED) is 0.101. The summed E-state index contributed by atoms with van der Waals surface area (Å²) in [5.41, 5.74) is 6.86. The Balaban J connectivity index is 0.961. The molecule has 2 fully saturated rings. The summed E-state index contributed by atoms with van der Waals surface area (Å²) in [5, 5.41) is 7.52. The van der Waals surface area contributed by atoms with Crippen LogP contribution in [0.2, 0.25) is 0 Å². The van der Waals surface area contributed by atoms with Gasteiger partial charge in [0.25, 0.3) is 0 Å². The number of H-pyrrole nitrogens is 2. The number of aromatic amines is 2. The van der Waals surface area contributed by atoms with Crippen LogP contribution in [0, 0.1) is 5.92 Å². The van der Waals surface area contributed by atoms with Crippen molar-refractivity contribution in [1.29, 1.82) is 0 Å². The maximum absolute atomic E-state index is 13.9. The van der Waals surface area contributed by atoms with Gasteiger partial charge in [-0.15, -0.1) is 0 Å². The van der Waals surface area contributed by atoms with Gasteiger partial charge >= 0.3 is 12.2 Å². The van der Waals surface area contributed by atoms with Crippen LogP contribution in [0.3, 0.4) is 0 Å². The van der Waals surface area contributed by atoms with E-state index < -0.39 is 24.3 Å². The lowest BCUT2D eigenvalue weighted by Crippen LogP contribution is -2.51. The van der Waals surface area contributed by atoms with Crippen molar-refractivity contribution < 1.29 is 28.7 Å². The van der Waals surface area contributed by atoms with Crippen LogP contribution >= 0.6 is 0 Å². The molecule has 6 aromatic rings. The van der Waals surface area contributed by atoms with Crippen LogP contribution in [-0.2, 0) is 19.1 Å². The fraction of sp³-hybridized carbons (Fsp3) is 0.333. The molecule has 8 rings (SSSR count). The first-order chi connectivity index (χ1) is 30.0. The van der Waals surface area contributed by atoms with Crippen LogP contribution in [0.1, 0.15) is 81.8 Å². The summed E-state index contributed by atoms with van der Waals surface area (Å²) in [7, 11) is 2.57. The molecule has 320 valence electrons. The van der Waals surface area contributed by atoms with Crippen molar-refractivity contribution in [2.24, 2.45) is 5.92 Å². The lowest BCUT2D eigenvalue weighted by atomic mass is 9.98. The zero-order valence-corrected chi connectivity index (χ0v) is 35.6. The molecule has 4 N–H and O–H groups in total. The summed E-state index contributed by atoms with van der Waals surface area (Å²) >= 11 is 0. The van der Waals surface area contributed by atoms with Crippen molar-refractivity contribution in [2.45, 2.75) is 76.7 Å². The van der Waals surface area contributed by atoms with E-state index in [1.54, 1.807) is 6.92 Å². The van der Waals surface area contributed by atoms with Gasteiger partial charge in [0, 0.05) is 12.1 Å². The third-order valence-corrected chi connectivity index (χ3v) is 12.1. The Kier molecular flexibility index (Phi) is 12.1. The number of rotatable bonds is 11. The van der Waals surface area contributed by atoms with E-state index in [2.05, 4.69) is 81.3 Å². The fourth-order valence-corrected chi connectivity index (χ4v) is 8.84. The largest absolute Gasteiger partial charge is 0.453 e. The van der Waals surface area contributed by atoms with Crippen molar-refractivity contribution in [1.82, 2.24) is 40.4 Å². The van der Waals surface area contributed by atoms with E-state index in [4.69, 9.17) is 19.4 Å². The number of likely N-dealkylation sites (tertiary alicyclic amines) is 2. The Morgan fingerprint density at radius 3 is 1.87 bits per heavy atom. The summed E-state index contributed by atoms with van der Waals surface area (Å²) in [4.78, 5) is 71.6. The van der Waals surface area contributed by atoms with Gasteiger partial charge in [0.2, 0.25) is 11.8 Å². The van der Waals surface area contributed by atoms with E-state index >= 15 is 0 Å². The van der Waals surface area contributed by atoms with E-state index in [0.717, 1.165) is 75.1 Å². The van der Waals surface area contributed by atoms with Gasteiger partial charge in [0.05, 0.1) is 56.1 Å². The van der Waals surface area contributed by atoms with Gasteiger partial charge in [0.1, 0.15) is 23.7 Å². The Hall–Kier alpha value is -6.96. The first-order valence-corrected chi connectivity index (χ1v) is 21.1. The highest BCUT2D eigenvalue weighted by atomic mass is 16.5. The van der Waals surface area contributed by atoms with Gasteiger partial charge in [-0.1, -0.05) is 92.7 Å². The van der Waals surface area contributed by atoms with E-state index in [1.165, 1.54) is 14.2 Å². The van der Waals surface area contributed by atoms with Crippen LogP contribution < -0.4 is 10.6 Å². The summed E-state index contributed by atoms with van der Waals surface area (Å²) in [6, 6.07) is 28.9. The Morgan fingerprint density at radius 1 is 0.645 bits per heavy atom. The molecule has 14 nitrogen and oxygen atoms in total. The molecule has 4 aromatic carbocycles. The Morgan fingerprint density at radius 2 is 1.21 bits per heavy atom. The fourth-order valence-electron chi connectivity index (χ4n) is 8.84. The molecule has 2 saturated heterocycles. The molecular formula is C48H52N8O6. The van der Waals surface area contributed by atoms with Gasteiger partial charge < -0.3 is 39.9 Å². The SMILES string of the molecule is COC(=O)N[C@@H](C)C(=O)N1[C@@H](c2ccccc2)CC[C@H]1c1ncc(-c2ccc(-c3ccc4cc(-c5cnc([C@@H]6CCCN6C(=O)[C@@H](NC(=O)OC)C(C)C)[nH]5)ccc4c3)cc2)[nH]1. The molecule has 5 atom stereocenters. The summed E-state index contributed by atoms with van der Waals surface area (Å²) in [6.45, 7) is 6.07. The van der Waals surface area contributed by atoms with E-state index in [9.17, 15) is 19.2 Å². The zero-order valence-electron chi connectivity index (χ0n) is 35.6. The molecule has 2 aliphatic heterocycles. The smallest absolute Gasteiger partial charge is 0.407 e. The number of amides is 4. The van der Waals surface area contributed by atoms with Crippen molar-refractivity contribution in [3.05, 3.63) is 121 Å². The molecule has 0 spiro atoms. The predicted molar refractivity (Wildman–Crippen MR) is 235 cm³/mol.